The first-order valence-corrected chi connectivity index (χ1v) is 8.00. The zero-order chi connectivity index (χ0) is 16.3. The molecule has 8 heteroatoms. The predicted molar refractivity (Wildman–Crippen MR) is 77.8 cm³/mol. The molecule has 21 heavy (non-hydrogen) atoms. The number of rotatable bonds is 6. The number of hydrogen-bond acceptors (Lipinski definition) is 4. The monoisotopic (exact) mass is 314 g/mol. The molecule has 0 radical (unpaired) electrons. The molecule has 0 aliphatic rings. The van der Waals surface area contributed by atoms with E-state index >= 15 is 0 Å². The zero-order valence-electron chi connectivity index (χ0n) is 12.0. The molecule has 116 valence electrons. The number of benzene rings is 1. The van der Waals surface area contributed by atoms with Gasteiger partial charge in [-0.15, -0.1) is 0 Å². The Morgan fingerprint density at radius 1 is 1.14 bits per heavy atom. The number of carboxylic acid groups (broad SMARTS) is 1. The van der Waals surface area contributed by atoms with Gasteiger partial charge >= 0.3 is 5.97 Å². The van der Waals surface area contributed by atoms with Gasteiger partial charge in [-0.05, 0) is 38.1 Å². The second-order valence-corrected chi connectivity index (χ2v) is 7.07. The number of carbonyl (C=O) groups is 2. The Kier molecular flexibility index (Phi) is 5.08. The molecule has 0 aromatic heterocycles. The van der Waals surface area contributed by atoms with Crippen LogP contribution < -0.4 is 10.0 Å². The van der Waals surface area contributed by atoms with Crippen LogP contribution >= 0.6 is 0 Å². The van der Waals surface area contributed by atoms with Crippen LogP contribution in [0.4, 0.5) is 0 Å². The number of hydrogen-bond donors (Lipinski definition) is 3. The summed E-state index contributed by atoms with van der Waals surface area (Å²) in [5.41, 5.74) is -0.440. The van der Waals surface area contributed by atoms with Gasteiger partial charge in [-0.25, -0.2) is 17.9 Å². The van der Waals surface area contributed by atoms with E-state index in [-0.39, 0.29) is 12.1 Å². The molecular formula is C13H18N2O5S. The van der Waals surface area contributed by atoms with Crippen molar-refractivity contribution in [2.75, 3.05) is 12.8 Å². The highest BCUT2D eigenvalue weighted by Crippen LogP contribution is 2.06. The van der Waals surface area contributed by atoms with E-state index in [1.807, 2.05) is 0 Å². The van der Waals surface area contributed by atoms with Gasteiger partial charge in [0.15, 0.2) is 0 Å². The van der Waals surface area contributed by atoms with Crippen molar-refractivity contribution in [1.82, 2.24) is 10.0 Å². The van der Waals surface area contributed by atoms with Gasteiger partial charge in [0.25, 0.3) is 5.91 Å². The zero-order valence-corrected chi connectivity index (χ0v) is 12.8. The van der Waals surface area contributed by atoms with Crippen LogP contribution in [0, 0.1) is 0 Å². The Bertz CT molecular complexity index is 635. The Labute approximate surface area is 123 Å². The predicted octanol–water partition coefficient (Wildman–Crippen LogP) is 0.442. The van der Waals surface area contributed by atoms with Gasteiger partial charge in [0, 0.05) is 17.6 Å². The highest BCUT2D eigenvalue weighted by molar-refractivity contribution is 7.88. The van der Waals surface area contributed by atoms with Gasteiger partial charge in [-0.1, -0.05) is 0 Å². The fraction of sp³-hybridized carbons (Fsp3) is 0.385. The molecule has 1 rings (SSSR count). The molecule has 1 aromatic carbocycles. The number of amides is 1. The van der Waals surface area contributed by atoms with Crippen LogP contribution in [0.25, 0.3) is 0 Å². The Morgan fingerprint density at radius 3 is 2.05 bits per heavy atom. The molecule has 1 aromatic rings. The van der Waals surface area contributed by atoms with Crippen molar-refractivity contribution < 1.29 is 23.1 Å². The van der Waals surface area contributed by atoms with Crippen LogP contribution in [0.3, 0.4) is 0 Å². The molecule has 0 saturated carbocycles. The topological polar surface area (TPSA) is 113 Å². The lowest BCUT2D eigenvalue weighted by Gasteiger charge is -2.25. The van der Waals surface area contributed by atoms with E-state index in [1.165, 1.54) is 24.3 Å². The van der Waals surface area contributed by atoms with Crippen molar-refractivity contribution in [1.29, 1.82) is 0 Å². The van der Waals surface area contributed by atoms with Gasteiger partial charge < -0.3 is 10.4 Å². The third kappa shape index (κ3) is 5.92. The molecular weight excluding hydrogens is 296 g/mol. The highest BCUT2D eigenvalue weighted by Gasteiger charge is 2.23. The fourth-order valence-corrected chi connectivity index (χ4v) is 2.78. The SMILES string of the molecule is CC(C)(CNC(=O)c1ccc(C(=O)O)cc1)NS(C)(=O)=O. The lowest BCUT2D eigenvalue weighted by atomic mass is 10.1. The summed E-state index contributed by atoms with van der Waals surface area (Å²) >= 11 is 0. The van der Waals surface area contributed by atoms with Crippen molar-refractivity contribution in [2.45, 2.75) is 19.4 Å². The third-order valence-electron chi connectivity index (χ3n) is 2.55. The fourth-order valence-electron chi connectivity index (χ4n) is 1.71. The van der Waals surface area contributed by atoms with Crippen molar-refractivity contribution in [3.05, 3.63) is 35.4 Å². The summed E-state index contributed by atoms with van der Waals surface area (Å²) in [6.07, 6.45) is 1.04. The quantitative estimate of drug-likeness (QED) is 0.705. The maximum absolute atomic E-state index is 11.9. The van der Waals surface area contributed by atoms with Crippen LogP contribution in [0.1, 0.15) is 34.6 Å². The summed E-state index contributed by atoms with van der Waals surface area (Å²) in [4.78, 5) is 22.6. The minimum absolute atomic E-state index is 0.0885. The van der Waals surface area contributed by atoms with E-state index in [1.54, 1.807) is 13.8 Å². The summed E-state index contributed by atoms with van der Waals surface area (Å²) in [5.74, 6) is -1.48. The number of nitrogens with one attached hydrogen (secondary N) is 2. The summed E-state index contributed by atoms with van der Waals surface area (Å²) in [6.45, 7) is 3.38. The standard InChI is InChI=1S/C13H18N2O5S/c1-13(2,15-21(3,19)20)8-14-11(16)9-4-6-10(7-5-9)12(17)18/h4-7,15H,8H2,1-3H3,(H,14,16)(H,17,18). The Morgan fingerprint density at radius 2 is 1.62 bits per heavy atom. The average molecular weight is 314 g/mol. The second kappa shape index (κ2) is 6.23. The number of carbonyl (C=O) groups excluding carboxylic acids is 1. The summed E-state index contributed by atoms with van der Waals surface area (Å²) in [6, 6.07) is 5.46. The first kappa shape index (κ1) is 17.1. The van der Waals surface area contributed by atoms with Gasteiger partial charge in [-0.2, -0.15) is 0 Å². The molecule has 0 spiro atoms. The van der Waals surface area contributed by atoms with Crippen LogP contribution in [-0.2, 0) is 10.0 Å². The molecule has 7 nitrogen and oxygen atoms in total. The Balaban J connectivity index is 2.67. The van der Waals surface area contributed by atoms with Gasteiger partial charge in [0.2, 0.25) is 10.0 Å². The second-order valence-electron chi connectivity index (χ2n) is 5.32. The Hall–Kier alpha value is -1.93. The largest absolute Gasteiger partial charge is 0.478 e. The van der Waals surface area contributed by atoms with Crippen molar-refractivity contribution in [3.8, 4) is 0 Å². The van der Waals surface area contributed by atoms with Gasteiger partial charge in [0.1, 0.15) is 0 Å². The average Bonchev–Trinajstić information content (AvgIpc) is 2.33. The minimum atomic E-state index is -3.38. The van der Waals surface area contributed by atoms with Crippen molar-refractivity contribution >= 4 is 21.9 Å². The first-order chi connectivity index (χ1) is 9.50. The molecule has 0 aliphatic heterocycles. The molecule has 0 unspecified atom stereocenters. The molecule has 3 N–H and O–H groups in total. The summed E-state index contributed by atoms with van der Waals surface area (Å²) < 4.78 is 24.8. The van der Waals surface area contributed by atoms with E-state index in [9.17, 15) is 18.0 Å². The van der Waals surface area contributed by atoms with E-state index in [2.05, 4.69) is 10.0 Å². The maximum atomic E-state index is 11.9. The van der Waals surface area contributed by atoms with Crippen LogP contribution in [0.5, 0.6) is 0 Å². The molecule has 0 atom stereocenters. The lowest BCUT2D eigenvalue weighted by Crippen LogP contribution is -2.51. The molecule has 0 aliphatic carbocycles. The normalized spacial score (nSPS) is 12.0. The smallest absolute Gasteiger partial charge is 0.335 e. The molecule has 1 amide bonds. The van der Waals surface area contributed by atoms with Crippen molar-refractivity contribution in [2.24, 2.45) is 0 Å². The van der Waals surface area contributed by atoms with Gasteiger partial charge in [0.05, 0.1) is 11.8 Å². The van der Waals surface area contributed by atoms with E-state index < -0.39 is 27.4 Å². The maximum Gasteiger partial charge on any atom is 0.335 e. The summed E-state index contributed by atoms with van der Waals surface area (Å²) in [7, 11) is -3.38. The molecule has 0 saturated heterocycles. The number of aromatic carboxylic acids is 1. The first-order valence-electron chi connectivity index (χ1n) is 6.11. The lowest BCUT2D eigenvalue weighted by molar-refractivity contribution is 0.0696. The van der Waals surface area contributed by atoms with E-state index in [0.717, 1.165) is 6.26 Å². The molecule has 0 heterocycles. The number of carboxylic acids is 1. The highest BCUT2D eigenvalue weighted by atomic mass is 32.2. The molecule has 0 fully saturated rings. The van der Waals surface area contributed by atoms with Crippen LogP contribution in [0.2, 0.25) is 0 Å². The third-order valence-corrected chi connectivity index (χ3v) is 3.47. The van der Waals surface area contributed by atoms with E-state index in [4.69, 9.17) is 5.11 Å². The summed E-state index contributed by atoms with van der Waals surface area (Å²) in [5, 5.41) is 11.4. The van der Waals surface area contributed by atoms with E-state index in [0.29, 0.717) is 5.56 Å². The van der Waals surface area contributed by atoms with Crippen LogP contribution in [0.15, 0.2) is 24.3 Å². The minimum Gasteiger partial charge on any atom is -0.478 e. The van der Waals surface area contributed by atoms with Crippen LogP contribution in [-0.4, -0.2) is 43.7 Å². The van der Waals surface area contributed by atoms with Crippen molar-refractivity contribution in [3.63, 3.8) is 0 Å². The molecule has 0 bridgehead atoms. The van der Waals surface area contributed by atoms with Gasteiger partial charge in [-0.3, -0.25) is 4.79 Å². The number of sulfonamides is 1.